The Bertz CT molecular complexity index is 1470. The molecule has 0 amide bonds. The third kappa shape index (κ3) is 6.03. The number of hydrogen-bond donors (Lipinski definition) is 2. The van der Waals surface area contributed by atoms with E-state index in [-0.39, 0.29) is 18.2 Å². The second-order valence-electron chi connectivity index (χ2n) is 9.60. The van der Waals surface area contributed by atoms with E-state index in [2.05, 4.69) is 20.3 Å². The number of ether oxygens (including phenoxy) is 3. The Morgan fingerprint density at radius 1 is 1.23 bits per heavy atom. The minimum absolute atomic E-state index is 0.159. The quantitative estimate of drug-likeness (QED) is 0.283. The number of methoxy groups -OCH3 is 1. The first-order chi connectivity index (χ1) is 19.5. The molecule has 1 aliphatic rings. The fourth-order valence-corrected chi connectivity index (χ4v) is 4.62. The van der Waals surface area contributed by atoms with Crippen LogP contribution in [0.2, 0.25) is 0 Å². The lowest BCUT2D eigenvalue weighted by atomic mass is 10.1. The van der Waals surface area contributed by atoms with Crippen LogP contribution in [0, 0.1) is 0 Å². The molecule has 210 valence electrons. The second-order valence-corrected chi connectivity index (χ2v) is 9.60. The van der Waals surface area contributed by atoms with Crippen LogP contribution in [0.1, 0.15) is 23.2 Å². The summed E-state index contributed by atoms with van der Waals surface area (Å²) in [5.41, 5.74) is 2.81. The van der Waals surface area contributed by atoms with Crippen molar-refractivity contribution in [2.45, 2.75) is 25.0 Å². The summed E-state index contributed by atoms with van der Waals surface area (Å²) in [7, 11) is 5.14. The van der Waals surface area contributed by atoms with Crippen molar-refractivity contribution in [2.75, 3.05) is 52.5 Å². The molecule has 0 radical (unpaired) electrons. The van der Waals surface area contributed by atoms with Gasteiger partial charge in [-0.1, -0.05) is 12.1 Å². The molecular formula is C28H33N7O5. The van der Waals surface area contributed by atoms with Crippen molar-refractivity contribution in [2.24, 2.45) is 0 Å². The van der Waals surface area contributed by atoms with Crippen LogP contribution in [0.15, 0.2) is 48.9 Å². The molecule has 5 rings (SSSR count). The SMILES string of the molecule is CNCC(O)COc1cccc(-c2nc(-c3cnc4c(C(=O)OC)cnn4c3)cc(N(C)C3CCOCC3)n2)c1. The van der Waals surface area contributed by atoms with E-state index in [0.717, 1.165) is 24.2 Å². The zero-order valence-corrected chi connectivity index (χ0v) is 22.8. The van der Waals surface area contributed by atoms with E-state index in [4.69, 9.17) is 24.2 Å². The molecule has 2 N–H and O–H groups in total. The zero-order valence-electron chi connectivity index (χ0n) is 22.8. The molecule has 1 atom stereocenters. The van der Waals surface area contributed by atoms with Crippen molar-refractivity contribution in [1.82, 2.24) is 29.9 Å². The summed E-state index contributed by atoms with van der Waals surface area (Å²) in [5, 5.41) is 17.3. The van der Waals surface area contributed by atoms with E-state index in [9.17, 15) is 9.90 Å². The van der Waals surface area contributed by atoms with Gasteiger partial charge in [0.15, 0.2) is 11.5 Å². The molecule has 0 spiro atoms. The summed E-state index contributed by atoms with van der Waals surface area (Å²) >= 11 is 0. The molecule has 4 heterocycles. The van der Waals surface area contributed by atoms with E-state index < -0.39 is 12.1 Å². The molecule has 1 saturated heterocycles. The van der Waals surface area contributed by atoms with Crippen molar-refractivity contribution >= 4 is 17.4 Å². The number of hydrogen-bond acceptors (Lipinski definition) is 11. The van der Waals surface area contributed by atoms with Gasteiger partial charge in [-0.2, -0.15) is 5.10 Å². The smallest absolute Gasteiger partial charge is 0.343 e. The maximum absolute atomic E-state index is 12.1. The Morgan fingerprint density at radius 2 is 2.05 bits per heavy atom. The predicted molar refractivity (Wildman–Crippen MR) is 148 cm³/mol. The number of aliphatic hydroxyl groups excluding tert-OH is 1. The highest BCUT2D eigenvalue weighted by Crippen LogP contribution is 2.29. The first-order valence-electron chi connectivity index (χ1n) is 13.1. The number of fused-ring (bicyclic) bond motifs is 1. The number of aromatic nitrogens is 5. The van der Waals surface area contributed by atoms with Crippen LogP contribution in [0.4, 0.5) is 5.82 Å². The average Bonchev–Trinajstić information content (AvgIpc) is 3.43. The van der Waals surface area contributed by atoms with Gasteiger partial charge < -0.3 is 29.5 Å². The molecule has 40 heavy (non-hydrogen) atoms. The maximum Gasteiger partial charge on any atom is 0.343 e. The Balaban J connectivity index is 1.53. The van der Waals surface area contributed by atoms with Crippen LogP contribution in [-0.4, -0.2) is 95.4 Å². The van der Waals surface area contributed by atoms with Crippen molar-refractivity contribution < 1.29 is 24.1 Å². The van der Waals surface area contributed by atoms with Gasteiger partial charge in [-0.3, -0.25) is 0 Å². The van der Waals surface area contributed by atoms with Gasteiger partial charge in [0.05, 0.1) is 19.0 Å². The molecule has 1 aromatic carbocycles. The highest BCUT2D eigenvalue weighted by atomic mass is 16.5. The number of carbonyl (C=O) groups is 1. The molecule has 0 aliphatic carbocycles. The van der Waals surface area contributed by atoms with Crippen molar-refractivity contribution in [3.05, 3.63) is 54.5 Å². The third-order valence-electron chi connectivity index (χ3n) is 6.84. The van der Waals surface area contributed by atoms with Gasteiger partial charge in [-0.15, -0.1) is 0 Å². The first-order valence-corrected chi connectivity index (χ1v) is 13.1. The Hall–Kier alpha value is -4.13. The number of esters is 1. The minimum Gasteiger partial charge on any atom is -0.491 e. The fourth-order valence-electron chi connectivity index (χ4n) is 4.62. The van der Waals surface area contributed by atoms with Crippen LogP contribution in [0.25, 0.3) is 28.3 Å². The summed E-state index contributed by atoms with van der Waals surface area (Å²) in [6, 6.07) is 9.71. The maximum atomic E-state index is 12.1. The van der Waals surface area contributed by atoms with Gasteiger partial charge in [0.2, 0.25) is 0 Å². The van der Waals surface area contributed by atoms with Crippen molar-refractivity contribution in [3.63, 3.8) is 0 Å². The van der Waals surface area contributed by atoms with Crippen LogP contribution < -0.4 is 15.0 Å². The summed E-state index contributed by atoms with van der Waals surface area (Å²) in [6.45, 7) is 2.01. The Labute approximate surface area is 231 Å². The van der Waals surface area contributed by atoms with Gasteiger partial charge in [0, 0.05) is 62.4 Å². The molecule has 3 aromatic heterocycles. The minimum atomic E-state index is -0.627. The van der Waals surface area contributed by atoms with E-state index >= 15 is 0 Å². The van der Waals surface area contributed by atoms with Crippen LogP contribution in [0.3, 0.4) is 0 Å². The van der Waals surface area contributed by atoms with Crippen molar-refractivity contribution in [3.8, 4) is 28.4 Å². The fraction of sp³-hybridized carbons (Fsp3) is 0.393. The molecule has 12 nitrogen and oxygen atoms in total. The molecule has 1 unspecified atom stereocenters. The monoisotopic (exact) mass is 547 g/mol. The highest BCUT2D eigenvalue weighted by Gasteiger charge is 2.22. The molecule has 0 saturated carbocycles. The molecule has 1 aliphatic heterocycles. The average molecular weight is 548 g/mol. The number of anilines is 1. The topological polar surface area (TPSA) is 136 Å². The molecule has 4 aromatic rings. The van der Waals surface area contributed by atoms with Crippen molar-refractivity contribution in [1.29, 1.82) is 0 Å². The predicted octanol–water partition coefficient (Wildman–Crippen LogP) is 2.21. The highest BCUT2D eigenvalue weighted by molar-refractivity contribution is 5.95. The number of nitrogens with one attached hydrogen (secondary N) is 1. The van der Waals surface area contributed by atoms with E-state index in [0.29, 0.717) is 48.2 Å². The number of nitrogens with zero attached hydrogens (tertiary/aromatic N) is 6. The normalized spacial score (nSPS) is 14.7. The summed E-state index contributed by atoms with van der Waals surface area (Å²) in [5.74, 6) is 1.39. The first kappa shape index (κ1) is 27.4. The molecular weight excluding hydrogens is 514 g/mol. The van der Waals surface area contributed by atoms with Gasteiger partial charge in [-0.25, -0.2) is 24.3 Å². The number of carbonyl (C=O) groups excluding carboxylic acids is 1. The number of likely N-dealkylation sites (N-methyl/N-ethyl adjacent to an activating group) is 1. The Kier molecular flexibility index (Phi) is 8.48. The van der Waals surface area contributed by atoms with Gasteiger partial charge in [-0.05, 0) is 32.0 Å². The largest absolute Gasteiger partial charge is 0.491 e. The van der Waals surface area contributed by atoms with Crippen LogP contribution in [0.5, 0.6) is 5.75 Å². The standard InChI is InChI=1S/C28H33N7O5/c1-29-14-21(36)17-40-22-6-4-5-18(11-22)26-32-24(12-25(33-26)34(2)20-7-9-39-10-8-20)19-13-30-27-23(28(37)38-3)15-31-35(27)16-19/h4-6,11-13,15-16,20-21,29,36H,7-10,14,17H2,1-3H3. The number of benzene rings is 1. The number of aliphatic hydroxyl groups is 1. The van der Waals surface area contributed by atoms with E-state index in [1.165, 1.54) is 17.8 Å². The third-order valence-corrected chi connectivity index (χ3v) is 6.84. The van der Waals surface area contributed by atoms with Crippen LogP contribution in [-0.2, 0) is 9.47 Å². The molecule has 1 fully saturated rings. The second kappa shape index (κ2) is 12.4. The lowest BCUT2D eigenvalue weighted by Gasteiger charge is -2.32. The van der Waals surface area contributed by atoms with Gasteiger partial charge in [0.1, 0.15) is 29.8 Å². The Morgan fingerprint density at radius 3 is 2.83 bits per heavy atom. The van der Waals surface area contributed by atoms with E-state index in [1.54, 1.807) is 19.4 Å². The lowest BCUT2D eigenvalue weighted by molar-refractivity contribution is 0.0602. The molecule has 0 bridgehead atoms. The lowest BCUT2D eigenvalue weighted by Crippen LogP contribution is -2.37. The molecule has 12 heteroatoms. The summed E-state index contributed by atoms with van der Waals surface area (Å²) < 4.78 is 17.8. The summed E-state index contributed by atoms with van der Waals surface area (Å²) in [6.07, 6.45) is 6.06. The zero-order chi connectivity index (χ0) is 28.1. The van der Waals surface area contributed by atoms with E-state index in [1.807, 2.05) is 37.4 Å². The summed E-state index contributed by atoms with van der Waals surface area (Å²) in [4.78, 5) is 28.5. The van der Waals surface area contributed by atoms with Gasteiger partial charge in [0.25, 0.3) is 0 Å². The number of rotatable bonds is 10. The van der Waals surface area contributed by atoms with Gasteiger partial charge >= 0.3 is 5.97 Å². The van der Waals surface area contributed by atoms with Crippen LogP contribution >= 0.6 is 0 Å².